The van der Waals surface area contributed by atoms with Crippen LogP contribution >= 0.6 is 0 Å². The smallest absolute Gasteiger partial charge is 0.237 e. The number of hydrogen-bond acceptors (Lipinski definition) is 5. The number of benzene rings is 2. The minimum atomic E-state index is -0.741. The summed E-state index contributed by atoms with van der Waals surface area (Å²) in [6, 6.07) is 12.1. The fourth-order valence-electron chi connectivity index (χ4n) is 6.37. The second-order valence-corrected chi connectivity index (χ2v) is 10.7. The normalized spacial score (nSPS) is 25.5. The van der Waals surface area contributed by atoms with Crippen molar-refractivity contribution in [3.05, 3.63) is 53.3 Å². The van der Waals surface area contributed by atoms with Crippen molar-refractivity contribution in [3.63, 3.8) is 0 Å². The van der Waals surface area contributed by atoms with Gasteiger partial charge in [0.2, 0.25) is 12.7 Å². The van der Waals surface area contributed by atoms with Gasteiger partial charge in [-0.25, -0.2) is 9.97 Å². The summed E-state index contributed by atoms with van der Waals surface area (Å²) in [6.07, 6.45) is 5.07. The molecule has 2 unspecified atom stereocenters. The molecule has 0 saturated heterocycles. The largest absolute Gasteiger partial charge is 0.454 e. The number of nitrogens with one attached hydrogen (secondary N) is 1. The number of nitrogens with zero attached hydrogens (tertiary/aromatic N) is 2. The summed E-state index contributed by atoms with van der Waals surface area (Å²) >= 11 is 0. The molecule has 2 bridgehead atoms. The molecule has 6 rings (SSSR count). The van der Waals surface area contributed by atoms with Gasteiger partial charge >= 0.3 is 0 Å². The van der Waals surface area contributed by atoms with Crippen LogP contribution < -0.4 is 14.8 Å². The Kier molecular flexibility index (Phi) is 4.51. The molecule has 0 spiro atoms. The van der Waals surface area contributed by atoms with Gasteiger partial charge in [0.05, 0.1) is 27.8 Å². The second-order valence-electron chi connectivity index (χ2n) is 10.7. The maximum Gasteiger partial charge on any atom is 0.237 e. The van der Waals surface area contributed by atoms with Gasteiger partial charge in [0, 0.05) is 23.2 Å². The third-order valence-electron chi connectivity index (χ3n) is 8.95. The SMILES string of the molecule is CCCCc1ccc(NC(=O)C23CCC(C)(c4nc5cc6c(cc5nc42)OCO6)C3(C)C)cc1. The summed E-state index contributed by atoms with van der Waals surface area (Å²) in [5.74, 6) is 1.39. The first kappa shape index (κ1) is 21.4. The zero-order valence-electron chi connectivity index (χ0n) is 20.3. The molecule has 3 aliphatic rings. The van der Waals surface area contributed by atoms with E-state index in [0.717, 1.165) is 47.4 Å². The lowest BCUT2D eigenvalue weighted by Gasteiger charge is -2.39. The number of hydrogen-bond donors (Lipinski definition) is 1. The summed E-state index contributed by atoms with van der Waals surface area (Å²) in [5.41, 5.74) is 4.10. The summed E-state index contributed by atoms with van der Waals surface area (Å²) in [4.78, 5) is 24.2. The van der Waals surface area contributed by atoms with E-state index >= 15 is 0 Å². The minimum absolute atomic E-state index is 0.00989. The van der Waals surface area contributed by atoms with Gasteiger partial charge in [-0.2, -0.15) is 0 Å². The van der Waals surface area contributed by atoms with Crippen molar-refractivity contribution in [2.75, 3.05) is 12.1 Å². The highest BCUT2D eigenvalue weighted by molar-refractivity contribution is 6.02. The van der Waals surface area contributed by atoms with Crippen LogP contribution in [0.4, 0.5) is 5.69 Å². The molecule has 34 heavy (non-hydrogen) atoms. The molecule has 6 nitrogen and oxygen atoms in total. The number of anilines is 1. The van der Waals surface area contributed by atoms with Gasteiger partial charge < -0.3 is 14.8 Å². The first-order chi connectivity index (χ1) is 16.3. The molecule has 1 N–H and O–H groups in total. The number of amides is 1. The van der Waals surface area contributed by atoms with Crippen LogP contribution in [0.25, 0.3) is 11.0 Å². The van der Waals surface area contributed by atoms with Gasteiger partial charge in [-0.15, -0.1) is 0 Å². The molecule has 3 aromatic rings. The van der Waals surface area contributed by atoms with Crippen molar-refractivity contribution in [2.45, 2.75) is 70.6 Å². The third-order valence-corrected chi connectivity index (χ3v) is 8.95. The van der Waals surface area contributed by atoms with Crippen LogP contribution in [0.5, 0.6) is 11.5 Å². The number of rotatable bonds is 5. The highest BCUT2D eigenvalue weighted by Crippen LogP contribution is 2.70. The van der Waals surface area contributed by atoms with E-state index in [1.165, 1.54) is 18.4 Å². The summed E-state index contributed by atoms with van der Waals surface area (Å²) in [6.45, 7) is 9.05. The molecule has 1 amide bonds. The molecule has 0 radical (unpaired) electrons. The Balaban J connectivity index is 1.42. The first-order valence-electron chi connectivity index (χ1n) is 12.3. The van der Waals surface area contributed by atoms with E-state index in [9.17, 15) is 4.79 Å². The van der Waals surface area contributed by atoms with Gasteiger partial charge in [-0.1, -0.05) is 46.2 Å². The van der Waals surface area contributed by atoms with Gasteiger partial charge in [0.1, 0.15) is 0 Å². The lowest BCUT2D eigenvalue weighted by molar-refractivity contribution is -0.125. The predicted octanol–water partition coefficient (Wildman–Crippen LogP) is 5.67. The van der Waals surface area contributed by atoms with Crippen molar-refractivity contribution in [1.29, 1.82) is 0 Å². The third kappa shape index (κ3) is 2.65. The number of unbranched alkanes of at least 4 members (excludes halogenated alkanes) is 1. The molecular weight excluding hydrogens is 426 g/mol. The average Bonchev–Trinajstić information content (AvgIpc) is 3.40. The molecule has 2 aromatic carbocycles. The first-order valence-corrected chi connectivity index (χ1v) is 12.3. The number of carbonyl (C=O) groups is 1. The predicted molar refractivity (Wildman–Crippen MR) is 131 cm³/mol. The molecule has 2 heterocycles. The number of carbonyl (C=O) groups excluding carboxylic acids is 1. The maximum absolute atomic E-state index is 14.1. The topological polar surface area (TPSA) is 73.3 Å². The lowest BCUT2D eigenvalue weighted by Crippen LogP contribution is -2.48. The van der Waals surface area contributed by atoms with Crippen molar-refractivity contribution in [2.24, 2.45) is 5.41 Å². The average molecular weight is 458 g/mol. The summed E-state index contributed by atoms with van der Waals surface area (Å²) < 4.78 is 11.1. The molecular formula is C28H31N3O3. The number of ether oxygens (including phenoxy) is 2. The Hall–Kier alpha value is -3.15. The second kappa shape index (κ2) is 7.17. The lowest BCUT2D eigenvalue weighted by atomic mass is 9.63. The summed E-state index contributed by atoms with van der Waals surface area (Å²) in [5, 5.41) is 3.24. The van der Waals surface area contributed by atoms with Crippen LogP contribution in [0, 0.1) is 5.41 Å². The Morgan fingerprint density at radius 3 is 2.26 bits per heavy atom. The fraction of sp³-hybridized carbons (Fsp3) is 0.464. The Labute approximate surface area is 200 Å². The van der Waals surface area contributed by atoms with E-state index in [-0.39, 0.29) is 23.5 Å². The van der Waals surface area contributed by atoms with E-state index in [1.54, 1.807) is 0 Å². The molecule has 1 saturated carbocycles. The van der Waals surface area contributed by atoms with Gasteiger partial charge in [-0.05, 0) is 48.8 Å². The van der Waals surface area contributed by atoms with E-state index in [2.05, 4.69) is 45.1 Å². The molecule has 2 aliphatic carbocycles. The molecule has 2 atom stereocenters. The van der Waals surface area contributed by atoms with Crippen LogP contribution in [0.15, 0.2) is 36.4 Å². The van der Waals surface area contributed by atoms with E-state index in [0.29, 0.717) is 11.5 Å². The van der Waals surface area contributed by atoms with Gasteiger partial charge in [-0.3, -0.25) is 4.79 Å². The van der Waals surface area contributed by atoms with E-state index in [4.69, 9.17) is 19.4 Å². The highest BCUT2D eigenvalue weighted by atomic mass is 16.7. The molecule has 176 valence electrons. The monoisotopic (exact) mass is 457 g/mol. The van der Waals surface area contributed by atoms with Crippen LogP contribution in [-0.2, 0) is 22.0 Å². The standard InChI is InChI=1S/C28H31N3O3/c1-5-6-7-17-8-10-18(11-9-17)29-25(32)28-13-12-27(4,26(28,2)3)23-24(28)31-20-15-22-21(33-16-34-22)14-19(20)30-23/h8-11,14-15H,5-7,12-13,16H2,1-4H3,(H,29,32). The van der Waals surface area contributed by atoms with Crippen LogP contribution in [0.1, 0.15) is 70.3 Å². The molecule has 1 fully saturated rings. The van der Waals surface area contributed by atoms with Crippen molar-refractivity contribution >= 4 is 22.6 Å². The van der Waals surface area contributed by atoms with Gasteiger partial charge in [0.15, 0.2) is 11.5 Å². The Morgan fingerprint density at radius 2 is 1.62 bits per heavy atom. The van der Waals surface area contributed by atoms with E-state index in [1.807, 2.05) is 24.3 Å². The van der Waals surface area contributed by atoms with Crippen LogP contribution in [0.2, 0.25) is 0 Å². The van der Waals surface area contributed by atoms with Crippen LogP contribution in [0.3, 0.4) is 0 Å². The molecule has 1 aromatic heterocycles. The quantitative estimate of drug-likeness (QED) is 0.534. The molecule has 6 heteroatoms. The Bertz CT molecular complexity index is 1320. The number of aryl methyl sites for hydroxylation is 1. The van der Waals surface area contributed by atoms with Crippen molar-refractivity contribution in [1.82, 2.24) is 9.97 Å². The zero-order chi connectivity index (χ0) is 23.7. The van der Waals surface area contributed by atoms with Gasteiger partial charge in [0.25, 0.3) is 0 Å². The van der Waals surface area contributed by atoms with Crippen molar-refractivity contribution in [3.8, 4) is 11.5 Å². The number of aromatic nitrogens is 2. The van der Waals surface area contributed by atoms with E-state index < -0.39 is 5.41 Å². The fourth-order valence-corrected chi connectivity index (χ4v) is 6.37. The maximum atomic E-state index is 14.1. The van der Waals surface area contributed by atoms with Crippen molar-refractivity contribution < 1.29 is 14.3 Å². The minimum Gasteiger partial charge on any atom is -0.454 e. The highest BCUT2D eigenvalue weighted by Gasteiger charge is 2.73. The zero-order valence-corrected chi connectivity index (χ0v) is 20.3. The summed E-state index contributed by atoms with van der Waals surface area (Å²) in [7, 11) is 0. The van der Waals surface area contributed by atoms with Crippen LogP contribution in [-0.4, -0.2) is 22.7 Å². The number of fused-ring (bicyclic) bond motifs is 7. The molecule has 1 aliphatic heterocycles. The Morgan fingerprint density at radius 1 is 0.971 bits per heavy atom.